The van der Waals surface area contributed by atoms with Gasteiger partial charge >= 0.3 is 5.97 Å². The van der Waals surface area contributed by atoms with E-state index in [-0.39, 0.29) is 61.0 Å². The average Bonchev–Trinajstić information content (AvgIpc) is 2.68. The quantitative estimate of drug-likeness (QED) is 0.478. The fraction of sp³-hybridized carbons (Fsp3) is 0.556. The van der Waals surface area contributed by atoms with Crippen molar-refractivity contribution >= 4 is 23.3 Å². The van der Waals surface area contributed by atoms with E-state index in [0.717, 1.165) is 0 Å². The van der Waals surface area contributed by atoms with E-state index in [4.69, 9.17) is 9.47 Å². The Morgan fingerprint density at radius 3 is 2.15 bits per heavy atom. The maximum absolute atomic E-state index is 13.3. The van der Waals surface area contributed by atoms with Crippen molar-refractivity contribution in [3.8, 4) is 5.75 Å². The molecule has 184 valence electrons. The van der Waals surface area contributed by atoms with Crippen molar-refractivity contribution in [3.05, 3.63) is 40.7 Å². The number of methoxy groups -OCH3 is 1. The van der Waals surface area contributed by atoms with Crippen molar-refractivity contribution < 1.29 is 33.8 Å². The molecule has 1 atom stereocenters. The van der Waals surface area contributed by atoms with Crippen LogP contribution in [0.4, 0.5) is 0 Å². The number of Topliss-reactive ketones (excluding diaryl/α,β-unsaturated/α-hetero) is 3. The lowest BCUT2D eigenvalue weighted by atomic mass is 9.62. The highest BCUT2D eigenvalue weighted by Crippen LogP contribution is 2.48. The summed E-state index contributed by atoms with van der Waals surface area (Å²) in [5.41, 5.74) is 0.334. The minimum absolute atomic E-state index is 0.0648. The van der Waals surface area contributed by atoms with Crippen LogP contribution in [0.5, 0.6) is 5.75 Å². The smallest absolute Gasteiger partial charge is 0.302 e. The highest BCUT2D eigenvalue weighted by atomic mass is 16.5. The van der Waals surface area contributed by atoms with Crippen LogP contribution in [0.3, 0.4) is 0 Å². The van der Waals surface area contributed by atoms with Gasteiger partial charge in [-0.3, -0.25) is 19.2 Å². The largest absolute Gasteiger partial charge is 0.512 e. The fourth-order valence-corrected chi connectivity index (χ4v) is 5.24. The molecule has 0 amide bonds. The molecule has 1 N–H and O–H groups in total. The summed E-state index contributed by atoms with van der Waals surface area (Å²) in [6, 6.07) is 5.06. The Morgan fingerprint density at radius 2 is 1.62 bits per heavy atom. The van der Waals surface area contributed by atoms with Crippen LogP contribution in [0.15, 0.2) is 29.5 Å². The standard InChI is InChI=1S/C27H34O7/c1-15(28)34-14-17-9-16(7-8-22(17)33-6)23(24-18(29)10-26(2,3)11-19(24)30)25-20(31)12-27(4,5)13-21(25)32/h7-9,23-24,31H,10-14H2,1-6H3/t23-/m1/s1. The molecule has 2 aliphatic carbocycles. The molecule has 2 aliphatic rings. The van der Waals surface area contributed by atoms with Crippen LogP contribution in [0.1, 0.15) is 77.3 Å². The van der Waals surface area contributed by atoms with Crippen molar-refractivity contribution in [1.82, 2.24) is 0 Å². The van der Waals surface area contributed by atoms with Gasteiger partial charge in [0.25, 0.3) is 0 Å². The molecule has 0 aromatic heterocycles. The van der Waals surface area contributed by atoms with E-state index in [1.807, 2.05) is 27.7 Å². The van der Waals surface area contributed by atoms with E-state index in [2.05, 4.69) is 0 Å². The molecule has 0 spiro atoms. The van der Waals surface area contributed by atoms with E-state index in [0.29, 0.717) is 16.9 Å². The van der Waals surface area contributed by atoms with Crippen LogP contribution < -0.4 is 4.74 Å². The summed E-state index contributed by atoms with van der Waals surface area (Å²) in [4.78, 5) is 51.3. The number of carbonyl (C=O) groups is 4. The maximum Gasteiger partial charge on any atom is 0.302 e. The highest BCUT2D eigenvalue weighted by Gasteiger charge is 2.48. The van der Waals surface area contributed by atoms with Crippen LogP contribution in [-0.4, -0.2) is 35.5 Å². The Balaban J connectivity index is 2.18. The molecule has 0 heterocycles. The lowest BCUT2D eigenvalue weighted by Crippen LogP contribution is -2.43. The maximum atomic E-state index is 13.3. The molecule has 7 heteroatoms. The van der Waals surface area contributed by atoms with Crippen molar-refractivity contribution in [2.24, 2.45) is 16.7 Å². The number of allylic oxidation sites excluding steroid dienone is 2. The van der Waals surface area contributed by atoms with Crippen molar-refractivity contribution in [2.75, 3.05) is 7.11 Å². The zero-order chi connectivity index (χ0) is 25.4. The summed E-state index contributed by atoms with van der Waals surface area (Å²) in [7, 11) is 1.49. The van der Waals surface area contributed by atoms with Gasteiger partial charge in [0.2, 0.25) is 0 Å². The summed E-state index contributed by atoms with van der Waals surface area (Å²) in [6.45, 7) is 8.79. The van der Waals surface area contributed by atoms with Gasteiger partial charge in [0.15, 0.2) is 5.78 Å². The summed E-state index contributed by atoms with van der Waals surface area (Å²) in [6.07, 6.45) is 0.912. The van der Waals surface area contributed by atoms with E-state index < -0.39 is 28.6 Å². The van der Waals surface area contributed by atoms with Gasteiger partial charge in [-0.15, -0.1) is 0 Å². The van der Waals surface area contributed by atoms with E-state index in [9.17, 15) is 24.3 Å². The number of aliphatic hydroxyl groups is 1. The molecule has 3 rings (SSSR count). The number of aliphatic hydroxyl groups excluding tert-OH is 1. The van der Waals surface area contributed by atoms with Gasteiger partial charge < -0.3 is 14.6 Å². The number of rotatable bonds is 6. The fourth-order valence-electron chi connectivity index (χ4n) is 5.24. The number of hydrogen-bond acceptors (Lipinski definition) is 7. The predicted octanol–water partition coefficient (Wildman–Crippen LogP) is 4.62. The summed E-state index contributed by atoms with van der Waals surface area (Å²) in [5.74, 6) is -2.78. The Bertz CT molecular complexity index is 1040. The second-order valence-corrected chi connectivity index (χ2v) is 11.1. The number of benzene rings is 1. The van der Waals surface area contributed by atoms with Crippen LogP contribution >= 0.6 is 0 Å². The summed E-state index contributed by atoms with van der Waals surface area (Å²) >= 11 is 0. The third-order valence-corrected chi connectivity index (χ3v) is 6.63. The van der Waals surface area contributed by atoms with Crippen LogP contribution in [-0.2, 0) is 30.5 Å². The second-order valence-electron chi connectivity index (χ2n) is 11.1. The van der Waals surface area contributed by atoms with Crippen molar-refractivity contribution in [1.29, 1.82) is 0 Å². The van der Waals surface area contributed by atoms with Gasteiger partial charge in [-0.25, -0.2) is 0 Å². The molecule has 0 unspecified atom stereocenters. The van der Waals surface area contributed by atoms with E-state index >= 15 is 0 Å². The normalized spacial score (nSPS) is 21.4. The minimum Gasteiger partial charge on any atom is -0.512 e. The molecule has 1 fully saturated rings. The monoisotopic (exact) mass is 470 g/mol. The summed E-state index contributed by atoms with van der Waals surface area (Å²) in [5, 5.41) is 11.0. The Labute approximate surface area is 200 Å². The zero-order valence-corrected chi connectivity index (χ0v) is 20.8. The number of ketones is 3. The van der Waals surface area contributed by atoms with Gasteiger partial charge in [-0.05, 0) is 28.5 Å². The Hall–Kier alpha value is -2.96. The summed E-state index contributed by atoms with van der Waals surface area (Å²) < 4.78 is 10.5. The Morgan fingerprint density at radius 1 is 1.03 bits per heavy atom. The zero-order valence-electron chi connectivity index (χ0n) is 20.8. The predicted molar refractivity (Wildman–Crippen MR) is 125 cm³/mol. The first-order valence-corrected chi connectivity index (χ1v) is 11.6. The molecular weight excluding hydrogens is 436 g/mol. The molecule has 1 saturated carbocycles. The molecule has 7 nitrogen and oxygen atoms in total. The number of esters is 1. The van der Waals surface area contributed by atoms with Gasteiger partial charge in [-0.1, -0.05) is 33.8 Å². The SMILES string of the molecule is COc1ccc([C@@H](C2=C(O)CC(C)(C)CC2=O)C2C(=O)CC(C)(C)CC2=O)cc1COC(C)=O. The molecule has 0 saturated heterocycles. The molecule has 0 bridgehead atoms. The third kappa shape index (κ3) is 5.40. The van der Waals surface area contributed by atoms with Gasteiger partial charge in [0.05, 0.1) is 13.0 Å². The van der Waals surface area contributed by atoms with Gasteiger partial charge in [0, 0.05) is 49.7 Å². The molecule has 0 aliphatic heterocycles. The number of hydrogen-bond donors (Lipinski definition) is 1. The first kappa shape index (κ1) is 25.7. The average molecular weight is 471 g/mol. The minimum atomic E-state index is -1.06. The number of carbonyl (C=O) groups excluding carboxylic acids is 4. The molecular formula is C27H34O7. The van der Waals surface area contributed by atoms with Crippen LogP contribution in [0.2, 0.25) is 0 Å². The second kappa shape index (κ2) is 9.35. The number of ether oxygens (including phenoxy) is 2. The molecule has 1 aromatic carbocycles. The van der Waals surface area contributed by atoms with Gasteiger partial charge in [-0.2, -0.15) is 0 Å². The lowest BCUT2D eigenvalue weighted by Gasteiger charge is -2.39. The van der Waals surface area contributed by atoms with Crippen molar-refractivity contribution in [2.45, 2.75) is 72.8 Å². The van der Waals surface area contributed by atoms with Crippen LogP contribution in [0, 0.1) is 16.7 Å². The molecule has 34 heavy (non-hydrogen) atoms. The molecule has 0 radical (unpaired) electrons. The third-order valence-electron chi connectivity index (χ3n) is 6.63. The first-order valence-electron chi connectivity index (χ1n) is 11.6. The van der Waals surface area contributed by atoms with Crippen molar-refractivity contribution in [3.63, 3.8) is 0 Å². The van der Waals surface area contributed by atoms with Crippen LogP contribution in [0.25, 0.3) is 0 Å². The Kier molecular flexibility index (Phi) is 7.06. The van der Waals surface area contributed by atoms with E-state index in [1.165, 1.54) is 14.0 Å². The first-order chi connectivity index (χ1) is 15.7. The topological polar surface area (TPSA) is 107 Å². The lowest BCUT2D eigenvalue weighted by molar-refractivity contribution is -0.142. The molecule has 1 aromatic rings. The highest BCUT2D eigenvalue weighted by molar-refractivity contribution is 6.09. The van der Waals surface area contributed by atoms with E-state index in [1.54, 1.807) is 18.2 Å². The van der Waals surface area contributed by atoms with Gasteiger partial charge in [0.1, 0.15) is 29.7 Å².